The van der Waals surface area contributed by atoms with Crippen LogP contribution in [0.15, 0.2) is 35.3 Å². The Hall–Kier alpha value is -3.21. The van der Waals surface area contributed by atoms with Crippen LogP contribution in [0.25, 0.3) is 10.9 Å². The third kappa shape index (κ3) is 5.02. The van der Waals surface area contributed by atoms with Gasteiger partial charge in [-0.15, -0.1) is 0 Å². The lowest BCUT2D eigenvalue weighted by atomic mass is 10.0. The predicted molar refractivity (Wildman–Crippen MR) is 133 cm³/mol. The third-order valence-electron chi connectivity index (χ3n) is 6.61. The summed E-state index contributed by atoms with van der Waals surface area (Å²) in [5.41, 5.74) is 1.93. The minimum Gasteiger partial charge on any atom is -0.479 e. The minimum atomic E-state index is -1.15. The molecule has 0 radical (unpaired) electrons. The Labute approximate surface area is 212 Å². The molecule has 0 bridgehead atoms. The number of ether oxygens (including phenoxy) is 3. The molecule has 2 aliphatic rings. The molecule has 10 nitrogen and oxygen atoms in total. The number of nitrogens with zero attached hydrogens (tertiary/aromatic N) is 4. The van der Waals surface area contributed by atoms with Crippen molar-refractivity contribution in [1.82, 2.24) is 14.5 Å². The van der Waals surface area contributed by atoms with E-state index >= 15 is 0 Å². The standard InChI is InChI=1S/C25H27ClN4O6/c1-29-20-4-3-16(11-17(20)13-21(23(29)33)34-15-22(31)32)12-19-18(26)14-27-24(28-19)30-7-5-25(6-8-30)35-9-2-10-36-25/h3-4,11,13-14H,2,5-10,12,15H2,1H3,(H,31,32). The van der Waals surface area contributed by atoms with E-state index in [-0.39, 0.29) is 5.75 Å². The van der Waals surface area contributed by atoms with Crippen molar-refractivity contribution in [3.63, 3.8) is 0 Å². The molecule has 2 aliphatic heterocycles. The molecule has 0 amide bonds. The van der Waals surface area contributed by atoms with E-state index in [1.165, 1.54) is 4.57 Å². The lowest BCUT2D eigenvalue weighted by Gasteiger charge is -2.43. The molecule has 0 saturated carbocycles. The number of halogens is 1. The summed E-state index contributed by atoms with van der Waals surface area (Å²) in [4.78, 5) is 34.7. The second kappa shape index (κ2) is 10.0. The molecular weight excluding hydrogens is 488 g/mol. The number of rotatable bonds is 6. The molecule has 0 aliphatic carbocycles. The van der Waals surface area contributed by atoms with Gasteiger partial charge in [-0.3, -0.25) is 4.79 Å². The first-order valence-corrected chi connectivity index (χ1v) is 12.2. The maximum absolute atomic E-state index is 12.5. The molecule has 3 aromatic rings. The number of piperidine rings is 1. The number of carboxylic acid groups (broad SMARTS) is 1. The van der Waals surface area contributed by atoms with Crippen molar-refractivity contribution in [2.45, 2.75) is 31.5 Å². The number of benzene rings is 1. The molecular formula is C25H27ClN4O6. The van der Waals surface area contributed by atoms with E-state index in [4.69, 9.17) is 35.9 Å². The third-order valence-corrected chi connectivity index (χ3v) is 6.92. The van der Waals surface area contributed by atoms with Gasteiger partial charge in [0, 0.05) is 44.8 Å². The van der Waals surface area contributed by atoms with E-state index in [1.807, 2.05) is 18.2 Å². The van der Waals surface area contributed by atoms with Crippen LogP contribution in [0.5, 0.6) is 5.75 Å². The quantitative estimate of drug-likeness (QED) is 0.530. The lowest BCUT2D eigenvalue weighted by molar-refractivity contribution is -0.275. The second-order valence-electron chi connectivity index (χ2n) is 9.04. The number of hydrogen-bond donors (Lipinski definition) is 1. The number of aromatic nitrogens is 3. The number of pyridine rings is 1. The SMILES string of the molecule is Cn1c(=O)c(OCC(=O)O)cc2cc(Cc3nc(N4CCC5(CC4)OCCCO5)ncc3Cl)ccc21. The summed E-state index contributed by atoms with van der Waals surface area (Å²) < 4.78 is 18.5. The van der Waals surface area contributed by atoms with Gasteiger partial charge in [-0.2, -0.15) is 0 Å². The molecule has 1 N–H and O–H groups in total. The normalized spacial score (nSPS) is 17.4. The fourth-order valence-corrected chi connectivity index (χ4v) is 4.83. The summed E-state index contributed by atoms with van der Waals surface area (Å²) >= 11 is 6.46. The number of hydrogen-bond acceptors (Lipinski definition) is 8. The Balaban J connectivity index is 1.36. The van der Waals surface area contributed by atoms with Crippen molar-refractivity contribution in [3.8, 4) is 5.75 Å². The van der Waals surface area contributed by atoms with E-state index in [2.05, 4.69) is 9.88 Å². The van der Waals surface area contributed by atoms with Crippen LogP contribution in [0.1, 0.15) is 30.5 Å². The van der Waals surface area contributed by atoms with Gasteiger partial charge in [-0.25, -0.2) is 14.8 Å². The van der Waals surface area contributed by atoms with Crippen molar-refractivity contribution in [2.24, 2.45) is 7.05 Å². The molecule has 5 rings (SSSR count). The summed E-state index contributed by atoms with van der Waals surface area (Å²) in [7, 11) is 1.62. The zero-order valence-electron chi connectivity index (χ0n) is 19.9. The average Bonchev–Trinajstić information content (AvgIpc) is 2.87. The van der Waals surface area contributed by atoms with Crippen molar-refractivity contribution in [1.29, 1.82) is 0 Å². The van der Waals surface area contributed by atoms with Gasteiger partial charge >= 0.3 is 5.97 Å². The number of carbonyl (C=O) groups is 1. The number of fused-ring (bicyclic) bond motifs is 1. The highest BCUT2D eigenvalue weighted by atomic mass is 35.5. The molecule has 1 spiro atoms. The smallest absolute Gasteiger partial charge is 0.341 e. The topological polar surface area (TPSA) is 116 Å². The summed E-state index contributed by atoms with van der Waals surface area (Å²) in [6.45, 7) is 2.33. The van der Waals surface area contributed by atoms with Gasteiger partial charge < -0.3 is 28.8 Å². The van der Waals surface area contributed by atoms with Crippen LogP contribution in [0.2, 0.25) is 5.02 Å². The van der Waals surface area contributed by atoms with Gasteiger partial charge in [0.1, 0.15) is 0 Å². The molecule has 190 valence electrons. The van der Waals surface area contributed by atoms with Crippen LogP contribution in [0.3, 0.4) is 0 Å². The monoisotopic (exact) mass is 514 g/mol. The molecule has 11 heteroatoms. The first kappa shape index (κ1) is 24.5. The number of aryl methyl sites for hydroxylation is 1. The van der Waals surface area contributed by atoms with Crippen LogP contribution in [-0.2, 0) is 27.7 Å². The van der Waals surface area contributed by atoms with Crippen LogP contribution in [0.4, 0.5) is 5.95 Å². The first-order valence-electron chi connectivity index (χ1n) is 11.9. The summed E-state index contributed by atoms with van der Waals surface area (Å²) in [6.07, 6.45) is 4.52. The number of carboxylic acids is 1. The molecule has 0 unspecified atom stereocenters. The van der Waals surface area contributed by atoms with Crippen LogP contribution < -0.4 is 15.2 Å². The fourth-order valence-electron chi connectivity index (χ4n) is 4.67. The minimum absolute atomic E-state index is 0.0132. The Morgan fingerprint density at radius 1 is 1.22 bits per heavy atom. The van der Waals surface area contributed by atoms with E-state index in [9.17, 15) is 9.59 Å². The van der Waals surface area contributed by atoms with E-state index in [0.717, 1.165) is 56.5 Å². The summed E-state index contributed by atoms with van der Waals surface area (Å²) in [5.74, 6) is -1.03. The van der Waals surface area contributed by atoms with Gasteiger partial charge in [0.2, 0.25) is 5.95 Å². The molecule has 1 aromatic carbocycles. The fraction of sp³-hybridized carbons (Fsp3) is 0.440. The van der Waals surface area contributed by atoms with Gasteiger partial charge in [0.15, 0.2) is 18.1 Å². The molecule has 36 heavy (non-hydrogen) atoms. The molecule has 0 atom stereocenters. The summed E-state index contributed by atoms with van der Waals surface area (Å²) in [6, 6.07) is 7.25. The first-order chi connectivity index (χ1) is 17.3. The zero-order valence-corrected chi connectivity index (χ0v) is 20.7. The number of anilines is 1. The molecule has 4 heterocycles. The highest BCUT2D eigenvalue weighted by Gasteiger charge is 2.38. The highest BCUT2D eigenvalue weighted by molar-refractivity contribution is 6.31. The van der Waals surface area contributed by atoms with Crippen LogP contribution in [-0.4, -0.2) is 64.3 Å². The van der Waals surface area contributed by atoms with E-state index in [1.54, 1.807) is 19.3 Å². The van der Waals surface area contributed by atoms with Crippen molar-refractivity contribution >= 4 is 34.4 Å². The second-order valence-corrected chi connectivity index (χ2v) is 9.45. The Bertz CT molecular complexity index is 1340. The van der Waals surface area contributed by atoms with E-state index in [0.29, 0.717) is 28.6 Å². The van der Waals surface area contributed by atoms with Gasteiger partial charge in [-0.05, 0) is 30.2 Å². The van der Waals surface area contributed by atoms with Gasteiger partial charge in [-0.1, -0.05) is 17.7 Å². The van der Waals surface area contributed by atoms with Crippen molar-refractivity contribution in [3.05, 3.63) is 57.1 Å². The maximum atomic E-state index is 12.5. The van der Waals surface area contributed by atoms with Gasteiger partial charge in [0.25, 0.3) is 5.56 Å². The maximum Gasteiger partial charge on any atom is 0.341 e. The summed E-state index contributed by atoms with van der Waals surface area (Å²) in [5, 5.41) is 10.1. The molecule has 2 saturated heterocycles. The number of aliphatic carboxylic acids is 1. The van der Waals surface area contributed by atoms with Crippen LogP contribution in [0, 0.1) is 0 Å². The largest absolute Gasteiger partial charge is 0.479 e. The molecule has 2 fully saturated rings. The lowest BCUT2D eigenvalue weighted by Crippen LogP contribution is -2.50. The highest BCUT2D eigenvalue weighted by Crippen LogP contribution is 2.32. The van der Waals surface area contributed by atoms with E-state index < -0.39 is 23.9 Å². The Morgan fingerprint density at radius 3 is 2.69 bits per heavy atom. The average molecular weight is 515 g/mol. The van der Waals surface area contributed by atoms with Gasteiger partial charge in [0.05, 0.1) is 35.6 Å². The van der Waals surface area contributed by atoms with Crippen molar-refractivity contribution in [2.75, 3.05) is 37.8 Å². The van der Waals surface area contributed by atoms with Crippen LogP contribution >= 0.6 is 11.6 Å². The zero-order chi connectivity index (χ0) is 25.3. The predicted octanol–water partition coefficient (Wildman–Crippen LogP) is 2.77. The Morgan fingerprint density at radius 2 is 1.97 bits per heavy atom. The Kier molecular flexibility index (Phi) is 6.83. The molecule has 2 aromatic heterocycles. The van der Waals surface area contributed by atoms with Crippen molar-refractivity contribution < 1.29 is 24.1 Å².